The van der Waals surface area contributed by atoms with E-state index >= 15 is 0 Å². The van der Waals surface area contributed by atoms with Crippen LogP contribution in [-0.2, 0) is 20.2 Å². The van der Waals surface area contributed by atoms with E-state index in [4.69, 9.17) is 4.74 Å². The summed E-state index contributed by atoms with van der Waals surface area (Å²) >= 11 is 0. The number of aryl methyl sites for hydroxylation is 1. The van der Waals surface area contributed by atoms with Crippen molar-refractivity contribution >= 4 is 5.91 Å². The molecular formula is C22H25N5O2. The van der Waals surface area contributed by atoms with Crippen molar-refractivity contribution in [2.75, 3.05) is 26.2 Å². The quantitative estimate of drug-likeness (QED) is 0.645. The van der Waals surface area contributed by atoms with Gasteiger partial charge in [-0.15, -0.1) is 0 Å². The van der Waals surface area contributed by atoms with Crippen LogP contribution in [0.5, 0.6) is 5.75 Å². The minimum Gasteiger partial charge on any atom is -0.486 e. The Morgan fingerprint density at radius 1 is 1.07 bits per heavy atom. The van der Waals surface area contributed by atoms with E-state index in [1.165, 1.54) is 5.56 Å². The summed E-state index contributed by atoms with van der Waals surface area (Å²) in [7, 11) is 1.93. The second kappa shape index (κ2) is 8.87. The number of hydrogen-bond donors (Lipinski definition) is 0. The molecule has 7 nitrogen and oxygen atoms in total. The van der Waals surface area contributed by atoms with Crippen molar-refractivity contribution in [2.24, 2.45) is 7.05 Å². The highest BCUT2D eigenvalue weighted by atomic mass is 16.5. The summed E-state index contributed by atoms with van der Waals surface area (Å²) < 4.78 is 7.68. The smallest absolute Gasteiger partial charge is 0.253 e. The van der Waals surface area contributed by atoms with Crippen molar-refractivity contribution in [1.29, 1.82) is 0 Å². The van der Waals surface area contributed by atoms with E-state index < -0.39 is 0 Å². The minimum atomic E-state index is 0.0710. The second-order valence-electron chi connectivity index (χ2n) is 7.20. The van der Waals surface area contributed by atoms with Gasteiger partial charge in [0.15, 0.2) is 0 Å². The molecule has 2 aromatic heterocycles. The molecule has 0 atom stereocenters. The molecule has 0 bridgehead atoms. The fourth-order valence-electron chi connectivity index (χ4n) is 3.42. The molecule has 1 fully saturated rings. The highest BCUT2D eigenvalue weighted by Gasteiger charge is 2.22. The molecule has 1 amide bonds. The Labute approximate surface area is 170 Å². The first-order valence-electron chi connectivity index (χ1n) is 9.78. The number of nitrogens with zero attached hydrogens (tertiary/aromatic N) is 5. The number of rotatable bonds is 6. The van der Waals surface area contributed by atoms with Gasteiger partial charge in [0, 0.05) is 70.1 Å². The van der Waals surface area contributed by atoms with Crippen LogP contribution in [-0.4, -0.2) is 56.4 Å². The normalized spacial score (nSPS) is 14.7. The number of benzene rings is 1. The number of carbonyl (C=O) groups excluding carboxylic acids is 1. The van der Waals surface area contributed by atoms with Crippen LogP contribution in [0.2, 0.25) is 0 Å². The molecular weight excluding hydrogens is 366 g/mol. The second-order valence-corrected chi connectivity index (χ2v) is 7.20. The highest BCUT2D eigenvalue weighted by molar-refractivity contribution is 5.94. The Hall–Kier alpha value is -3.19. The van der Waals surface area contributed by atoms with Gasteiger partial charge in [-0.25, -0.2) is 4.98 Å². The Morgan fingerprint density at radius 2 is 1.86 bits per heavy atom. The van der Waals surface area contributed by atoms with Crippen LogP contribution in [0.1, 0.15) is 21.7 Å². The number of hydrogen-bond acceptors (Lipinski definition) is 5. The molecule has 0 N–H and O–H groups in total. The minimum absolute atomic E-state index is 0.0710. The Morgan fingerprint density at radius 3 is 2.52 bits per heavy atom. The Kier molecular flexibility index (Phi) is 5.86. The molecule has 1 aliphatic heterocycles. The molecule has 7 heteroatoms. The standard InChI is InChI=1S/C22H25N5O2/c1-25-10-9-24-21(25)17-29-20-6-4-19(5-7-20)22(28)27-13-11-26(12-14-27)16-18-3-2-8-23-15-18/h2-10,15H,11-14,16-17H2,1H3. The van der Waals surface area contributed by atoms with Crippen molar-refractivity contribution in [1.82, 2.24) is 24.3 Å². The maximum atomic E-state index is 12.8. The highest BCUT2D eigenvalue weighted by Crippen LogP contribution is 2.16. The third-order valence-corrected chi connectivity index (χ3v) is 5.18. The number of piperazine rings is 1. The van der Waals surface area contributed by atoms with E-state index in [1.807, 2.05) is 59.2 Å². The number of ether oxygens (including phenoxy) is 1. The number of pyridine rings is 1. The molecule has 0 unspecified atom stereocenters. The largest absolute Gasteiger partial charge is 0.486 e. The third-order valence-electron chi connectivity index (χ3n) is 5.18. The summed E-state index contributed by atoms with van der Waals surface area (Å²) in [5.74, 6) is 1.65. The Bertz CT molecular complexity index is 931. The van der Waals surface area contributed by atoms with E-state index in [0.29, 0.717) is 12.2 Å². The molecule has 0 aliphatic carbocycles. The van der Waals surface area contributed by atoms with Crippen molar-refractivity contribution in [2.45, 2.75) is 13.2 Å². The van der Waals surface area contributed by atoms with Crippen LogP contribution >= 0.6 is 0 Å². The molecule has 4 rings (SSSR count). The topological polar surface area (TPSA) is 63.5 Å². The van der Waals surface area contributed by atoms with Gasteiger partial charge in [-0.05, 0) is 35.9 Å². The maximum Gasteiger partial charge on any atom is 0.253 e. The summed E-state index contributed by atoms with van der Waals surface area (Å²) in [4.78, 5) is 25.5. The Balaban J connectivity index is 1.28. The lowest BCUT2D eigenvalue weighted by Crippen LogP contribution is -2.48. The lowest BCUT2D eigenvalue weighted by Gasteiger charge is -2.34. The van der Waals surface area contributed by atoms with Crippen LogP contribution in [0.3, 0.4) is 0 Å². The number of aromatic nitrogens is 3. The zero-order chi connectivity index (χ0) is 20.1. The van der Waals surface area contributed by atoms with Crippen molar-refractivity contribution < 1.29 is 9.53 Å². The first kappa shape index (κ1) is 19.1. The van der Waals surface area contributed by atoms with Gasteiger partial charge in [-0.3, -0.25) is 14.7 Å². The van der Waals surface area contributed by atoms with Crippen LogP contribution in [0.15, 0.2) is 61.2 Å². The van der Waals surface area contributed by atoms with Crippen molar-refractivity contribution in [3.63, 3.8) is 0 Å². The van der Waals surface area contributed by atoms with E-state index in [9.17, 15) is 4.79 Å². The van der Waals surface area contributed by atoms with Gasteiger partial charge < -0.3 is 14.2 Å². The molecule has 0 radical (unpaired) electrons. The summed E-state index contributed by atoms with van der Waals surface area (Å²) in [6, 6.07) is 11.4. The SMILES string of the molecule is Cn1ccnc1COc1ccc(C(=O)N2CCN(Cc3cccnc3)CC2)cc1. The zero-order valence-corrected chi connectivity index (χ0v) is 16.6. The lowest BCUT2D eigenvalue weighted by atomic mass is 10.1. The first-order valence-corrected chi connectivity index (χ1v) is 9.78. The van der Waals surface area contributed by atoms with Gasteiger partial charge >= 0.3 is 0 Å². The number of amides is 1. The van der Waals surface area contributed by atoms with Crippen molar-refractivity contribution in [3.8, 4) is 5.75 Å². The summed E-state index contributed by atoms with van der Waals surface area (Å²) in [5.41, 5.74) is 1.89. The summed E-state index contributed by atoms with van der Waals surface area (Å²) in [5, 5.41) is 0. The number of carbonyl (C=O) groups is 1. The molecule has 1 saturated heterocycles. The van der Waals surface area contributed by atoms with E-state index in [2.05, 4.69) is 20.9 Å². The molecule has 3 heterocycles. The summed E-state index contributed by atoms with van der Waals surface area (Å²) in [6.07, 6.45) is 7.32. The molecule has 29 heavy (non-hydrogen) atoms. The zero-order valence-electron chi connectivity index (χ0n) is 16.6. The molecule has 3 aromatic rings. The number of imidazole rings is 1. The molecule has 1 aromatic carbocycles. The molecule has 1 aliphatic rings. The van der Waals surface area contributed by atoms with Gasteiger partial charge in [0.2, 0.25) is 0 Å². The van der Waals surface area contributed by atoms with Gasteiger partial charge in [0.1, 0.15) is 18.2 Å². The average molecular weight is 391 g/mol. The van der Waals surface area contributed by atoms with Gasteiger partial charge in [-0.2, -0.15) is 0 Å². The third kappa shape index (κ3) is 4.81. The predicted molar refractivity (Wildman–Crippen MR) is 109 cm³/mol. The van der Waals surface area contributed by atoms with Gasteiger partial charge in [0.25, 0.3) is 5.91 Å². The predicted octanol–water partition coefficient (Wildman–Crippen LogP) is 2.35. The van der Waals surface area contributed by atoms with Crippen LogP contribution in [0, 0.1) is 0 Å². The van der Waals surface area contributed by atoms with Gasteiger partial charge in [0.05, 0.1) is 0 Å². The van der Waals surface area contributed by atoms with Gasteiger partial charge in [-0.1, -0.05) is 6.07 Å². The molecule has 0 spiro atoms. The van der Waals surface area contributed by atoms with E-state index in [0.717, 1.165) is 44.3 Å². The monoisotopic (exact) mass is 391 g/mol. The first-order chi connectivity index (χ1) is 14.2. The van der Waals surface area contributed by atoms with E-state index in [-0.39, 0.29) is 5.91 Å². The van der Waals surface area contributed by atoms with Crippen LogP contribution in [0.4, 0.5) is 0 Å². The molecule has 0 saturated carbocycles. The maximum absolute atomic E-state index is 12.8. The average Bonchev–Trinajstić information content (AvgIpc) is 3.18. The van der Waals surface area contributed by atoms with E-state index in [1.54, 1.807) is 12.4 Å². The van der Waals surface area contributed by atoms with Crippen molar-refractivity contribution in [3.05, 3.63) is 78.1 Å². The fourth-order valence-corrected chi connectivity index (χ4v) is 3.42. The summed E-state index contributed by atoms with van der Waals surface area (Å²) in [6.45, 7) is 4.47. The van der Waals surface area contributed by atoms with Crippen LogP contribution < -0.4 is 4.74 Å². The van der Waals surface area contributed by atoms with Crippen LogP contribution in [0.25, 0.3) is 0 Å². The fraction of sp³-hybridized carbons (Fsp3) is 0.318. The molecule has 150 valence electrons. The lowest BCUT2D eigenvalue weighted by molar-refractivity contribution is 0.0628.